The number of ether oxygens (including phenoxy) is 1. The average Bonchev–Trinajstić information content (AvgIpc) is 3.32. The summed E-state index contributed by atoms with van der Waals surface area (Å²) in [7, 11) is 1.19. The number of carbonyl (C=O) groups excluding carboxylic acids is 3. The van der Waals surface area contributed by atoms with Crippen LogP contribution in [0.15, 0.2) is 30.3 Å². The van der Waals surface area contributed by atoms with E-state index in [2.05, 4.69) is 4.74 Å². The molecule has 2 aliphatic heterocycles. The first-order chi connectivity index (χ1) is 14.5. The number of carbonyl (C=O) groups is 3. The third-order valence-corrected chi connectivity index (χ3v) is 6.62. The molecule has 2 N–H and O–H groups in total. The van der Waals surface area contributed by atoms with Crippen molar-refractivity contribution in [3.8, 4) is 0 Å². The van der Waals surface area contributed by atoms with Crippen LogP contribution in [0.25, 0.3) is 0 Å². The summed E-state index contributed by atoms with van der Waals surface area (Å²) in [6, 6.07) is 9.00. The number of hydrogen-bond acceptors (Lipinski definition) is 7. The number of hydrogen-bond donors (Lipinski definition) is 2. The fourth-order valence-electron chi connectivity index (χ4n) is 4.79. The lowest BCUT2D eigenvalue weighted by molar-refractivity contribution is -0.203. The minimum Gasteiger partial charge on any atom is -0.436 e. The van der Waals surface area contributed by atoms with Crippen molar-refractivity contribution in [2.45, 2.75) is 37.6 Å². The van der Waals surface area contributed by atoms with Gasteiger partial charge < -0.3 is 14.5 Å². The largest absolute Gasteiger partial charge is 0.527 e. The monoisotopic (exact) mass is 417 g/mol. The molecule has 2 amide bonds. The number of likely N-dealkylation sites (tertiary alicyclic amines) is 1. The van der Waals surface area contributed by atoms with E-state index in [1.165, 1.54) is 17.7 Å². The normalized spacial score (nSPS) is 27.5. The second kappa shape index (κ2) is 8.23. The van der Waals surface area contributed by atoms with E-state index in [1.807, 2.05) is 30.3 Å². The Labute approximate surface area is 174 Å². The van der Waals surface area contributed by atoms with Gasteiger partial charge in [-0.1, -0.05) is 30.3 Å². The molecule has 3 atom stereocenters. The lowest BCUT2D eigenvalue weighted by atomic mass is 9.81. The molecule has 1 aromatic carbocycles. The highest BCUT2D eigenvalue weighted by atomic mass is 16.8. The first-order valence-electron chi connectivity index (χ1n) is 10.3. The SMILES string of the molecule is COC(=O)ON1CC2(CC2)CC(C(=O)NO)C1C(=O)N1CC[C@H](c2ccccc2)C1. The molecule has 9 nitrogen and oxygen atoms in total. The highest BCUT2D eigenvalue weighted by Gasteiger charge is 2.57. The van der Waals surface area contributed by atoms with E-state index >= 15 is 0 Å². The van der Waals surface area contributed by atoms with Crippen LogP contribution in [-0.2, 0) is 19.2 Å². The van der Waals surface area contributed by atoms with Crippen molar-refractivity contribution in [1.82, 2.24) is 15.4 Å². The van der Waals surface area contributed by atoms with Gasteiger partial charge in [-0.05, 0) is 36.7 Å². The quantitative estimate of drug-likeness (QED) is 0.436. The molecule has 2 heterocycles. The summed E-state index contributed by atoms with van der Waals surface area (Å²) in [5.74, 6) is -1.52. The molecule has 162 valence electrons. The van der Waals surface area contributed by atoms with Crippen molar-refractivity contribution in [1.29, 1.82) is 0 Å². The second-order valence-corrected chi connectivity index (χ2v) is 8.53. The Hall–Kier alpha value is -2.65. The Morgan fingerprint density at radius 2 is 1.93 bits per heavy atom. The van der Waals surface area contributed by atoms with Crippen LogP contribution in [0, 0.1) is 11.3 Å². The van der Waals surface area contributed by atoms with Crippen LogP contribution in [0.2, 0.25) is 0 Å². The fourth-order valence-corrected chi connectivity index (χ4v) is 4.79. The Balaban J connectivity index is 1.56. The molecule has 0 bridgehead atoms. The Kier molecular flexibility index (Phi) is 5.66. The highest BCUT2D eigenvalue weighted by Crippen LogP contribution is 2.55. The summed E-state index contributed by atoms with van der Waals surface area (Å²) >= 11 is 0. The topological polar surface area (TPSA) is 108 Å². The maximum atomic E-state index is 13.5. The fraction of sp³-hybridized carbons (Fsp3) is 0.571. The number of rotatable bonds is 4. The van der Waals surface area contributed by atoms with Gasteiger partial charge in [-0.25, -0.2) is 10.3 Å². The van der Waals surface area contributed by atoms with Crippen molar-refractivity contribution in [2.75, 3.05) is 26.7 Å². The molecule has 4 rings (SSSR count). The summed E-state index contributed by atoms with van der Waals surface area (Å²) in [6.45, 7) is 1.45. The molecule has 2 unspecified atom stereocenters. The number of amides is 2. The molecule has 3 fully saturated rings. The number of methoxy groups -OCH3 is 1. The van der Waals surface area contributed by atoms with Crippen molar-refractivity contribution >= 4 is 18.0 Å². The summed E-state index contributed by atoms with van der Waals surface area (Å²) in [5.41, 5.74) is 2.68. The van der Waals surface area contributed by atoms with Gasteiger partial charge in [-0.3, -0.25) is 14.8 Å². The lowest BCUT2D eigenvalue weighted by Crippen LogP contribution is -2.60. The third-order valence-electron chi connectivity index (χ3n) is 6.62. The van der Waals surface area contributed by atoms with Gasteiger partial charge in [0.1, 0.15) is 6.04 Å². The van der Waals surface area contributed by atoms with E-state index in [4.69, 9.17) is 4.84 Å². The molecule has 1 spiro atoms. The van der Waals surface area contributed by atoms with Crippen LogP contribution in [0.5, 0.6) is 0 Å². The summed E-state index contributed by atoms with van der Waals surface area (Å²) in [4.78, 5) is 44.8. The number of piperidine rings is 1. The summed E-state index contributed by atoms with van der Waals surface area (Å²) < 4.78 is 4.61. The molecule has 9 heteroatoms. The van der Waals surface area contributed by atoms with Crippen molar-refractivity contribution < 1.29 is 29.2 Å². The third kappa shape index (κ3) is 3.99. The maximum absolute atomic E-state index is 13.5. The molecule has 1 aliphatic carbocycles. The van der Waals surface area contributed by atoms with Crippen LogP contribution in [0.1, 0.15) is 37.2 Å². The van der Waals surface area contributed by atoms with E-state index in [0.29, 0.717) is 26.1 Å². The summed E-state index contributed by atoms with van der Waals surface area (Å²) in [5, 5.41) is 10.6. The molecular weight excluding hydrogens is 390 g/mol. The predicted octanol–water partition coefficient (Wildman–Crippen LogP) is 1.68. The average molecular weight is 417 g/mol. The second-order valence-electron chi connectivity index (χ2n) is 8.53. The van der Waals surface area contributed by atoms with Gasteiger partial charge in [0, 0.05) is 25.6 Å². The van der Waals surface area contributed by atoms with Crippen molar-refractivity contribution in [3.05, 3.63) is 35.9 Å². The van der Waals surface area contributed by atoms with Crippen LogP contribution < -0.4 is 5.48 Å². The van der Waals surface area contributed by atoms with Crippen molar-refractivity contribution in [3.63, 3.8) is 0 Å². The van der Waals surface area contributed by atoms with Crippen LogP contribution >= 0.6 is 0 Å². The molecule has 30 heavy (non-hydrogen) atoms. The van der Waals surface area contributed by atoms with Crippen LogP contribution in [0.3, 0.4) is 0 Å². The molecule has 0 radical (unpaired) electrons. The Bertz CT molecular complexity index is 812. The zero-order valence-corrected chi connectivity index (χ0v) is 17.0. The molecule has 1 aromatic rings. The van der Waals surface area contributed by atoms with E-state index in [9.17, 15) is 19.6 Å². The molecule has 2 saturated heterocycles. The number of nitrogens with one attached hydrogen (secondary N) is 1. The van der Waals surface area contributed by atoms with E-state index < -0.39 is 24.0 Å². The van der Waals surface area contributed by atoms with Gasteiger partial charge in [0.05, 0.1) is 13.0 Å². The molecule has 1 saturated carbocycles. The smallest absolute Gasteiger partial charge is 0.436 e. The molecule has 0 aromatic heterocycles. The Morgan fingerprint density at radius 1 is 1.20 bits per heavy atom. The molecule has 3 aliphatic rings. The minimum absolute atomic E-state index is 0.181. The minimum atomic E-state index is -1.00. The zero-order chi connectivity index (χ0) is 21.3. The number of benzene rings is 1. The van der Waals surface area contributed by atoms with E-state index in [-0.39, 0.29) is 17.2 Å². The maximum Gasteiger partial charge on any atom is 0.527 e. The Morgan fingerprint density at radius 3 is 2.57 bits per heavy atom. The number of hydroxylamine groups is 3. The standard InChI is InChI=1S/C21H27N3O6/c1-29-20(27)30-24-13-21(8-9-21)11-16(18(25)22-28)17(24)19(26)23-10-7-15(12-23)14-5-3-2-4-6-14/h2-6,15-17,28H,7-13H2,1H3,(H,22,25)/t15-,16?,17?/m0/s1. The van der Waals surface area contributed by atoms with Crippen LogP contribution in [0.4, 0.5) is 4.79 Å². The van der Waals surface area contributed by atoms with Gasteiger partial charge >= 0.3 is 6.16 Å². The van der Waals surface area contributed by atoms with Crippen LogP contribution in [-0.4, -0.2) is 65.9 Å². The van der Waals surface area contributed by atoms with Gasteiger partial charge in [-0.2, -0.15) is 0 Å². The van der Waals surface area contributed by atoms with Gasteiger partial charge in [0.15, 0.2) is 0 Å². The highest BCUT2D eigenvalue weighted by molar-refractivity contribution is 5.90. The first-order valence-corrected chi connectivity index (χ1v) is 10.3. The lowest BCUT2D eigenvalue weighted by Gasteiger charge is -2.42. The van der Waals surface area contributed by atoms with Crippen molar-refractivity contribution in [2.24, 2.45) is 11.3 Å². The first kappa shape index (κ1) is 20.6. The van der Waals surface area contributed by atoms with E-state index in [0.717, 1.165) is 19.3 Å². The predicted molar refractivity (Wildman–Crippen MR) is 104 cm³/mol. The molecular formula is C21H27N3O6. The number of nitrogens with zero attached hydrogens (tertiary/aromatic N) is 2. The summed E-state index contributed by atoms with van der Waals surface area (Å²) in [6.07, 6.45) is 2.11. The zero-order valence-electron chi connectivity index (χ0n) is 17.0. The van der Waals surface area contributed by atoms with E-state index in [1.54, 1.807) is 10.4 Å². The van der Waals surface area contributed by atoms with Gasteiger partial charge in [0.2, 0.25) is 11.8 Å². The van der Waals surface area contributed by atoms with Gasteiger partial charge in [0.25, 0.3) is 0 Å². The van der Waals surface area contributed by atoms with Gasteiger partial charge in [-0.15, -0.1) is 5.06 Å².